The van der Waals surface area contributed by atoms with E-state index >= 15 is 0 Å². The minimum absolute atomic E-state index is 0.177. The summed E-state index contributed by atoms with van der Waals surface area (Å²) in [5.74, 6) is 1.00. The molecule has 104 valence electrons. The van der Waals surface area contributed by atoms with Crippen LogP contribution < -0.4 is 5.32 Å². The second-order valence-corrected chi connectivity index (χ2v) is 4.82. The maximum absolute atomic E-state index is 11.0. The summed E-state index contributed by atoms with van der Waals surface area (Å²) in [6.45, 7) is 4.44. The molecule has 20 heavy (non-hydrogen) atoms. The molecule has 5 heteroatoms. The van der Waals surface area contributed by atoms with Gasteiger partial charge in [-0.2, -0.15) is 0 Å². The Labute approximate surface area is 123 Å². The van der Waals surface area contributed by atoms with Gasteiger partial charge < -0.3 is 5.32 Å². The molecule has 0 aliphatic rings. The molecule has 0 saturated carbocycles. The fourth-order valence-electron chi connectivity index (χ4n) is 1.86. The van der Waals surface area contributed by atoms with Gasteiger partial charge in [-0.15, -0.1) is 0 Å². The van der Waals surface area contributed by atoms with Crippen molar-refractivity contribution in [1.82, 2.24) is 9.97 Å². The van der Waals surface area contributed by atoms with E-state index in [4.69, 9.17) is 11.6 Å². The molecule has 4 nitrogen and oxygen atoms in total. The molecule has 0 amide bonds. The molecule has 1 N–H and O–H groups in total. The highest BCUT2D eigenvalue weighted by atomic mass is 35.5. The maximum atomic E-state index is 11.0. The second kappa shape index (κ2) is 6.48. The van der Waals surface area contributed by atoms with Crippen LogP contribution in [0, 0.1) is 6.92 Å². The van der Waals surface area contributed by atoms with Crippen molar-refractivity contribution in [2.24, 2.45) is 0 Å². The van der Waals surface area contributed by atoms with Crippen LogP contribution in [-0.4, -0.2) is 16.3 Å². The van der Waals surface area contributed by atoms with E-state index in [-0.39, 0.29) is 5.15 Å². The SMILES string of the molecule is CCc1ccc(CNc2nc(C)nc(Cl)c2C=O)cc1. The standard InChI is InChI=1S/C15H16ClN3O/c1-3-11-4-6-12(7-5-11)8-17-15-13(9-20)14(16)18-10(2)19-15/h4-7,9H,3,8H2,1-2H3,(H,17,18,19). The van der Waals surface area contributed by atoms with E-state index in [1.807, 2.05) is 0 Å². The molecule has 1 aromatic carbocycles. The van der Waals surface area contributed by atoms with Gasteiger partial charge in [0, 0.05) is 6.54 Å². The molecule has 1 heterocycles. The van der Waals surface area contributed by atoms with E-state index in [2.05, 4.69) is 46.5 Å². The van der Waals surface area contributed by atoms with E-state index in [0.717, 1.165) is 12.0 Å². The van der Waals surface area contributed by atoms with Gasteiger partial charge >= 0.3 is 0 Å². The Kier molecular flexibility index (Phi) is 4.69. The van der Waals surface area contributed by atoms with Crippen LogP contribution in [0.25, 0.3) is 0 Å². The van der Waals surface area contributed by atoms with Crippen LogP contribution in [0.5, 0.6) is 0 Å². The van der Waals surface area contributed by atoms with E-state index in [0.29, 0.717) is 30.0 Å². The van der Waals surface area contributed by atoms with Crippen LogP contribution >= 0.6 is 11.6 Å². The monoisotopic (exact) mass is 289 g/mol. The van der Waals surface area contributed by atoms with Gasteiger partial charge in [0.1, 0.15) is 16.8 Å². The van der Waals surface area contributed by atoms with Gasteiger partial charge in [0.15, 0.2) is 6.29 Å². The molecule has 0 spiro atoms. The summed E-state index contributed by atoms with van der Waals surface area (Å²) in [5.41, 5.74) is 2.71. The maximum Gasteiger partial charge on any atom is 0.156 e. The third-order valence-electron chi connectivity index (χ3n) is 3.02. The third kappa shape index (κ3) is 3.33. The zero-order valence-electron chi connectivity index (χ0n) is 11.5. The van der Waals surface area contributed by atoms with Crippen molar-refractivity contribution in [3.63, 3.8) is 0 Å². The van der Waals surface area contributed by atoms with Gasteiger partial charge in [0.05, 0.1) is 5.56 Å². The Bertz CT molecular complexity index is 611. The number of hydrogen-bond donors (Lipinski definition) is 1. The zero-order chi connectivity index (χ0) is 14.5. The number of carbonyl (C=O) groups is 1. The van der Waals surface area contributed by atoms with Crippen molar-refractivity contribution in [2.75, 3.05) is 5.32 Å². The molecule has 0 fully saturated rings. The minimum atomic E-state index is 0.177. The molecule has 0 aliphatic heterocycles. The average molecular weight is 290 g/mol. The van der Waals surface area contributed by atoms with E-state index < -0.39 is 0 Å². The number of aldehydes is 1. The van der Waals surface area contributed by atoms with Crippen LogP contribution in [0.15, 0.2) is 24.3 Å². The number of nitrogens with one attached hydrogen (secondary N) is 1. The number of rotatable bonds is 5. The lowest BCUT2D eigenvalue weighted by Gasteiger charge is -2.10. The number of benzene rings is 1. The molecule has 0 atom stereocenters. The number of anilines is 1. The van der Waals surface area contributed by atoms with Crippen molar-refractivity contribution in [3.05, 3.63) is 51.9 Å². The molecule has 2 rings (SSSR count). The molecule has 0 unspecified atom stereocenters. The second-order valence-electron chi connectivity index (χ2n) is 4.47. The normalized spacial score (nSPS) is 10.3. The van der Waals surface area contributed by atoms with Crippen molar-refractivity contribution in [2.45, 2.75) is 26.8 Å². The lowest BCUT2D eigenvalue weighted by Crippen LogP contribution is -2.07. The van der Waals surface area contributed by atoms with Crippen LogP contribution in [0.4, 0.5) is 5.82 Å². The van der Waals surface area contributed by atoms with Gasteiger partial charge in [-0.25, -0.2) is 9.97 Å². The van der Waals surface area contributed by atoms with Gasteiger partial charge in [0.2, 0.25) is 0 Å². The summed E-state index contributed by atoms with van der Waals surface area (Å²) < 4.78 is 0. The number of nitrogens with zero attached hydrogens (tertiary/aromatic N) is 2. The molecule has 2 aromatic rings. The fraction of sp³-hybridized carbons (Fsp3) is 0.267. The molecular formula is C15H16ClN3O. The Morgan fingerprint density at radius 2 is 1.85 bits per heavy atom. The quantitative estimate of drug-likeness (QED) is 0.677. The number of aromatic nitrogens is 2. The summed E-state index contributed by atoms with van der Waals surface area (Å²) in [4.78, 5) is 19.2. The largest absolute Gasteiger partial charge is 0.365 e. The lowest BCUT2D eigenvalue weighted by molar-refractivity contribution is 0.112. The first-order valence-corrected chi connectivity index (χ1v) is 6.82. The van der Waals surface area contributed by atoms with E-state index in [1.54, 1.807) is 6.92 Å². The number of carbonyl (C=O) groups excluding carboxylic acids is 1. The molecule has 0 saturated heterocycles. The van der Waals surface area contributed by atoms with Crippen LogP contribution in [0.1, 0.15) is 34.2 Å². The van der Waals surface area contributed by atoms with Crippen molar-refractivity contribution in [1.29, 1.82) is 0 Å². The first-order valence-electron chi connectivity index (χ1n) is 6.45. The number of halogens is 1. The average Bonchev–Trinajstić information content (AvgIpc) is 2.45. The molecule has 0 bridgehead atoms. The van der Waals surface area contributed by atoms with Crippen molar-refractivity contribution >= 4 is 23.7 Å². The van der Waals surface area contributed by atoms with E-state index in [9.17, 15) is 4.79 Å². The fourth-order valence-corrected chi connectivity index (χ4v) is 2.12. The summed E-state index contributed by atoms with van der Waals surface area (Å²) in [6, 6.07) is 8.30. The molecule has 0 radical (unpaired) electrons. The first kappa shape index (κ1) is 14.5. The Balaban J connectivity index is 2.15. The predicted molar refractivity (Wildman–Crippen MR) is 80.3 cm³/mol. The summed E-state index contributed by atoms with van der Waals surface area (Å²) in [6.07, 6.45) is 1.69. The van der Waals surface area contributed by atoms with Gasteiger partial charge in [-0.05, 0) is 24.5 Å². The number of hydrogen-bond acceptors (Lipinski definition) is 4. The highest BCUT2D eigenvalue weighted by molar-refractivity contribution is 6.32. The Hall–Kier alpha value is -1.94. The third-order valence-corrected chi connectivity index (χ3v) is 3.31. The predicted octanol–water partition coefficient (Wildman–Crippen LogP) is 3.43. The van der Waals surface area contributed by atoms with Gasteiger partial charge in [0.25, 0.3) is 0 Å². The molecular weight excluding hydrogens is 274 g/mol. The number of aryl methyl sites for hydroxylation is 2. The van der Waals surface area contributed by atoms with E-state index in [1.165, 1.54) is 5.56 Å². The van der Waals surface area contributed by atoms with Crippen molar-refractivity contribution in [3.8, 4) is 0 Å². The molecule has 0 aliphatic carbocycles. The van der Waals surface area contributed by atoms with Gasteiger partial charge in [-0.3, -0.25) is 4.79 Å². The van der Waals surface area contributed by atoms with Crippen LogP contribution in [-0.2, 0) is 13.0 Å². The zero-order valence-corrected chi connectivity index (χ0v) is 12.2. The van der Waals surface area contributed by atoms with Crippen molar-refractivity contribution < 1.29 is 4.79 Å². The van der Waals surface area contributed by atoms with Crippen LogP contribution in [0.3, 0.4) is 0 Å². The summed E-state index contributed by atoms with van der Waals surface area (Å²) >= 11 is 5.93. The topological polar surface area (TPSA) is 54.9 Å². The van der Waals surface area contributed by atoms with Crippen LogP contribution in [0.2, 0.25) is 5.15 Å². The highest BCUT2D eigenvalue weighted by Gasteiger charge is 2.10. The summed E-state index contributed by atoms with van der Waals surface area (Å²) in [7, 11) is 0. The lowest BCUT2D eigenvalue weighted by atomic mass is 10.1. The Morgan fingerprint density at radius 1 is 1.20 bits per heavy atom. The summed E-state index contributed by atoms with van der Waals surface area (Å²) in [5, 5.41) is 3.31. The smallest absolute Gasteiger partial charge is 0.156 e. The Morgan fingerprint density at radius 3 is 2.45 bits per heavy atom. The van der Waals surface area contributed by atoms with Gasteiger partial charge in [-0.1, -0.05) is 42.8 Å². The highest BCUT2D eigenvalue weighted by Crippen LogP contribution is 2.19. The minimum Gasteiger partial charge on any atom is -0.365 e. The first-order chi connectivity index (χ1) is 9.63. The molecule has 1 aromatic heterocycles.